The van der Waals surface area contributed by atoms with Crippen molar-refractivity contribution < 1.29 is 0 Å². The number of rotatable bonds is 5. The molecule has 0 saturated carbocycles. The molecule has 0 saturated heterocycles. The van der Waals surface area contributed by atoms with Crippen LogP contribution in [0.25, 0.3) is 0 Å². The van der Waals surface area contributed by atoms with Crippen LogP contribution in [0.1, 0.15) is 43.5 Å². The quantitative estimate of drug-likeness (QED) is 0.780. The van der Waals surface area contributed by atoms with Crippen LogP contribution in [0.5, 0.6) is 0 Å². The summed E-state index contributed by atoms with van der Waals surface area (Å²) in [4.78, 5) is 1.18. The fourth-order valence-electron chi connectivity index (χ4n) is 1.30. The first kappa shape index (κ1) is 12.5. The minimum absolute atomic E-state index is 0.148. The van der Waals surface area contributed by atoms with Gasteiger partial charge in [0.1, 0.15) is 4.34 Å². The van der Waals surface area contributed by atoms with E-state index in [-0.39, 0.29) is 6.04 Å². The molecule has 1 nitrogen and oxygen atoms in total. The van der Waals surface area contributed by atoms with Crippen molar-refractivity contribution in [3.63, 3.8) is 0 Å². The van der Waals surface area contributed by atoms with E-state index in [0.29, 0.717) is 0 Å². The molecule has 0 aliphatic rings. The minimum atomic E-state index is 0.148. The topological polar surface area (TPSA) is 26.0 Å². The van der Waals surface area contributed by atoms with Gasteiger partial charge in [-0.2, -0.15) is 0 Å². The SMILES string of the molecule is CCCCCC(N)c1cc(Br)c(Cl)s1. The van der Waals surface area contributed by atoms with Crippen LogP contribution in [0, 0.1) is 0 Å². The van der Waals surface area contributed by atoms with Gasteiger partial charge in [-0.15, -0.1) is 11.3 Å². The molecule has 0 aliphatic heterocycles. The summed E-state index contributed by atoms with van der Waals surface area (Å²) in [7, 11) is 0. The van der Waals surface area contributed by atoms with E-state index >= 15 is 0 Å². The Labute approximate surface area is 103 Å². The zero-order valence-electron chi connectivity index (χ0n) is 8.22. The lowest BCUT2D eigenvalue weighted by Crippen LogP contribution is -2.07. The van der Waals surface area contributed by atoms with Gasteiger partial charge in [-0.05, 0) is 28.4 Å². The molecule has 80 valence electrons. The number of halogens is 2. The van der Waals surface area contributed by atoms with Gasteiger partial charge < -0.3 is 5.73 Å². The van der Waals surface area contributed by atoms with Crippen molar-refractivity contribution in [2.75, 3.05) is 0 Å². The zero-order valence-corrected chi connectivity index (χ0v) is 11.4. The van der Waals surface area contributed by atoms with E-state index in [0.717, 1.165) is 15.2 Å². The summed E-state index contributed by atoms with van der Waals surface area (Å²) in [5, 5.41) is 0. The van der Waals surface area contributed by atoms with Gasteiger partial charge in [0.15, 0.2) is 0 Å². The van der Waals surface area contributed by atoms with Crippen molar-refractivity contribution in [2.45, 2.75) is 38.6 Å². The predicted molar refractivity (Wildman–Crippen MR) is 68.1 cm³/mol. The second-order valence-electron chi connectivity index (χ2n) is 3.37. The Kier molecular flexibility index (Phi) is 5.45. The van der Waals surface area contributed by atoms with E-state index in [4.69, 9.17) is 17.3 Å². The molecule has 0 spiro atoms. The van der Waals surface area contributed by atoms with Crippen LogP contribution < -0.4 is 5.73 Å². The summed E-state index contributed by atoms with van der Waals surface area (Å²) in [6, 6.07) is 2.18. The number of thiophene rings is 1. The summed E-state index contributed by atoms with van der Waals surface area (Å²) < 4.78 is 1.76. The molecule has 1 unspecified atom stereocenters. The summed E-state index contributed by atoms with van der Waals surface area (Å²) in [6.07, 6.45) is 4.75. The second-order valence-corrected chi connectivity index (χ2v) is 5.91. The van der Waals surface area contributed by atoms with Crippen molar-refractivity contribution in [1.29, 1.82) is 0 Å². The predicted octanol–water partition coefficient (Wildman–Crippen LogP) is 4.74. The van der Waals surface area contributed by atoms with E-state index in [2.05, 4.69) is 22.9 Å². The highest BCUT2D eigenvalue weighted by atomic mass is 79.9. The second kappa shape index (κ2) is 6.11. The van der Waals surface area contributed by atoms with Crippen molar-refractivity contribution in [2.24, 2.45) is 5.73 Å². The summed E-state index contributed by atoms with van der Waals surface area (Å²) in [5.74, 6) is 0. The number of hydrogen-bond acceptors (Lipinski definition) is 2. The minimum Gasteiger partial charge on any atom is -0.323 e. The van der Waals surface area contributed by atoms with Gasteiger partial charge in [0.05, 0.1) is 0 Å². The molecule has 1 aromatic heterocycles. The molecule has 0 aliphatic carbocycles. The fraction of sp³-hybridized carbons (Fsp3) is 0.600. The Morgan fingerprint density at radius 3 is 2.79 bits per heavy atom. The monoisotopic (exact) mass is 295 g/mol. The molecule has 1 heterocycles. The lowest BCUT2D eigenvalue weighted by atomic mass is 10.1. The number of hydrogen-bond donors (Lipinski definition) is 1. The Hall–Kier alpha value is 0.430. The Morgan fingerprint density at radius 1 is 1.57 bits per heavy atom. The maximum atomic E-state index is 6.05. The summed E-state index contributed by atoms with van der Waals surface area (Å²) >= 11 is 10.9. The molecule has 4 heteroatoms. The van der Waals surface area contributed by atoms with E-state index in [1.54, 1.807) is 11.3 Å². The highest BCUT2D eigenvalue weighted by Gasteiger charge is 2.11. The van der Waals surface area contributed by atoms with E-state index in [1.807, 2.05) is 6.07 Å². The third kappa shape index (κ3) is 3.54. The van der Waals surface area contributed by atoms with Gasteiger partial charge >= 0.3 is 0 Å². The van der Waals surface area contributed by atoms with Gasteiger partial charge in [-0.3, -0.25) is 0 Å². The fourth-order valence-corrected chi connectivity index (χ4v) is 3.07. The highest BCUT2D eigenvalue weighted by Crippen LogP contribution is 2.35. The summed E-state index contributed by atoms with van der Waals surface area (Å²) in [5.41, 5.74) is 6.05. The number of nitrogens with two attached hydrogens (primary N) is 1. The average Bonchev–Trinajstić information content (AvgIpc) is 2.47. The third-order valence-electron chi connectivity index (χ3n) is 2.15. The average molecular weight is 297 g/mol. The first-order valence-electron chi connectivity index (χ1n) is 4.85. The Bertz CT molecular complexity index is 268. The van der Waals surface area contributed by atoms with Gasteiger partial charge in [-0.25, -0.2) is 0 Å². The summed E-state index contributed by atoms with van der Waals surface area (Å²) in [6.45, 7) is 2.20. The molecule has 1 aromatic rings. The van der Waals surface area contributed by atoms with Crippen LogP contribution in [0.3, 0.4) is 0 Å². The van der Waals surface area contributed by atoms with Crippen LogP contribution >= 0.6 is 38.9 Å². The van der Waals surface area contributed by atoms with E-state index in [9.17, 15) is 0 Å². The third-order valence-corrected chi connectivity index (χ3v) is 4.75. The van der Waals surface area contributed by atoms with Gasteiger partial charge in [0.25, 0.3) is 0 Å². The van der Waals surface area contributed by atoms with Crippen LogP contribution in [-0.4, -0.2) is 0 Å². The van der Waals surface area contributed by atoms with Crippen molar-refractivity contribution in [3.8, 4) is 0 Å². The zero-order chi connectivity index (χ0) is 10.6. The standard InChI is InChI=1S/C10H15BrClNS/c1-2-3-4-5-8(13)9-6-7(11)10(12)14-9/h6,8H,2-5,13H2,1H3. The first-order chi connectivity index (χ1) is 6.65. The smallest absolute Gasteiger partial charge is 0.107 e. The van der Waals surface area contributed by atoms with Gasteiger partial charge in [0, 0.05) is 15.4 Å². The van der Waals surface area contributed by atoms with E-state index in [1.165, 1.54) is 24.1 Å². The van der Waals surface area contributed by atoms with Crippen LogP contribution in [-0.2, 0) is 0 Å². The Morgan fingerprint density at radius 2 is 2.29 bits per heavy atom. The molecule has 0 amide bonds. The van der Waals surface area contributed by atoms with Gasteiger partial charge in [0.2, 0.25) is 0 Å². The molecule has 0 radical (unpaired) electrons. The van der Waals surface area contributed by atoms with Crippen molar-refractivity contribution >= 4 is 38.9 Å². The number of unbranched alkanes of at least 4 members (excludes halogenated alkanes) is 2. The van der Waals surface area contributed by atoms with Crippen molar-refractivity contribution in [3.05, 3.63) is 19.8 Å². The normalized spacial score (nSPS) is 13.1. The first-order valence-corrected chi connectivity index (χ1v) is 6.84. The molecule has 0 bridgehead atoms. The molecule has 1 rings (SSSR count). The van der Waals surface area contributed by atoms with Crippen molar-refractivity contribution in [1.82, 2.24) is 0 Å². The lowest BCUT2D eigenvalue weighted by molar-refractivity contribution is 0.587. The maximum Gasteiger partial charge on any atom is 0.107 e. The van der Waals surface area contributed by atoms with Gasteiger partial charge in [-0.1, -0.05) is 37.8 Å². The molecular formula is C10H15BrClNS. The molecular weight excluding hydrogens is 282 g/mol. The van der Waals surface area contributed by atoms with E-state index < -0.39 is 0 Å². The molecule has 0 fully saturated rings. The molecule has 1 atom stereocenters. The van der Waals surface area contributed by atoms with Crippen LogP contribution in [0.4, 0.5) is 0 Å². The van der Waals surface area contributed by atoms with Crippen LogP contribution in [0.15, 0.2) is 10.5 Å². The maximum absolute atomic E-state index is 6.05. The van der Waals surface area contributed by atoms with Crippen LogP contribution in [0.2, 0.25) is 4.34 Å². The lowest BCUT2D eigenvalue weighted by Gasteiger charge is -2.07. The molecule has 0 aromatic carbocycles. The highest BCUT2D eigenvalue weighted by molar-refractivity contribution is 9.10. The largest absolute Gasteiger partial charge is 0.323 e. The Balaban J connectivity index is 2.47. The molecule has 14 heavy (non-hydrogen) atoms. The molecule has 2 N–H and O–H groups in total.